The summed E-state index contributed by atoms with van der Waals surface area (Å²) in [6.45, 7) is 2.19. The van der Waals surface area contributed by atoms with Gasteiger partial charge in [-0.05, 0) is 37.3 Å². The molecule has 1 amide bonds. The van der Waals surface area contributed by atoms with Gasteiger partial charge in [0.15, 0.2) is 0 Å². The second-order valence-corrected chi connectivity index (χ2v) is 5.00. The smallest absolute Gasteiger partial charge is 0.253 e. The highest BCUT2D eigenvalue weighted by Gasteiger charge is 2.24. The lowest BCUT2D eigenvalue weighted by Gasteiger charge is -2.15. The molecule has 1 aliphatic rings. The van der Waals surface area contributed by atoms with E-state index in [0.717, 1.165) is 19.3 Å². The van der Waals surface area contributed by atoms with Crippen molar-refractivity contribution in [3.8, 4) is 0 Å². The van der Waals surface area contributed by atoms with Gasteiger partial charge in [-0.25, -0.2) is 4.39 Å². The predicted octanol–water partition coefficient (Wildman–Crippen LogP) is 2.79. The van der Waals surface area contributed by atoms with Crippen LogP contribution in [0.1, 0.15) is 36.5 Å². The Morgan fingerprint density at radius 2 is 2.17 bits per heavy atom. The van der Waals surface area contributed by atoms with Crippen LogP contribution in [0.2, 0.25) is 0 Å². The third kappa shape index (κ3) is 2.63. The normalized spacial score (nSPS) is 22.8. The quantitative estimate of drug-likeness (QED) is 0.866. The van der Waals surface area contributed by atoms with Crippen LogP contribution in [0.3, 0.4) is 0 Å². The first kappa shape index (κ1) is 12.9. The third-order valence-corrected chi connectivity index (χ3v) is 3.54. The van der Waals surface area contributed by atoms with Crippen LogP contribution >= 0.6 is 0 Å². The van der Waals surface area contributed by atoms with Gasteiger partial charge in [0.25, 0.3) is 5.91 Å². The zero-order valence-electron chi connectivity index (χ0n) is 10.8. The largest absolute Gasteiger partial charge is 0.385 e. The first-order valence-corrected chi connectivity index (χ1v) is 6.39. The average molecular weight is 250 g/mol. The molecule has 3 nitrogen and oxygen atoms in total. The van der Waals surface area contributed by atoms with Crippen molar-refractivity contribution in [2.75, 3.05) is 12.4 Å². The topological polar surface area (TPSA) is 41.1 Å². The van der Waals surface area contributed by atoms with E-state index in [9.17, 15) is 9.18 Å². The lowest BCUT2D eigenvalue weighted by Crippen LogP contribution is -2.33. The molecule has 0 aromatic heterocycles. The molecule has 1 aromatic rings. The molecule has 0 saturated heterocycles. The van der Waals surface area contributed by atoms with Crippen LogP contribution in [0.5, 0.6) is 0 Å². The Hall–Kier alpha value is -1.58. The third-order valence-electron chi connectivity index (χ3n) is 3.54. The summed E-state index contributed by atoms with van der Waals surface area (Å²) in [4.78, 5) is 12.1. The molecule has 0 heterocycles. The summed E-state index contributed by atoms with van der Waals surface area (Å²) in [6, 6.07) is 4.77. The molecule has 18 heavy (non-hydrogen) atoms. The van der Waals surface area contributed by atoms with Crippen LogP contribution in [0, 0.1) is 11.7 Å². The first-order valence-electron chi connectivity index (χ1n) is 6.39. The number of amides is 1. The van der Waals surface area contributed by atoms with Crippen LogP contribution in [0.25, 0.3) is 0 Å². The Balaban J connectivity index is 2.11. The second-order valence-electron chi connectivity index (χ2n) is 5.00. The molecule has 4 heteroatoms. The maximum Gasteiger partial charge on any atom is 0.253 e. The fraction of sp³-hybridized carbons (Fsp3) is 0.500. The van der Waals surface area contributed by atoms with Gasteiger partial charge in [-0.15, -0.1) is 0 Å². The molecule has 1 aliphatic carbocycles. The highest BCUT2D eigenvalue weighted by Crippen LogP contribution is 2.26. The summed E-state index contributed by atoms with van der Waals surface area (Å²) in [5.74, 6) is 0.0643. The Bertz CT molecular complexity index is 447. The average Bonchev–Trinajstić information content (AvgIpc) is 2.74. The number of carbonyl (C=O) groups excluding carboxylic acids is 1. The zero-order valence-corrected chi connectivity index (χ0v) is 10.8. The summed E-state index contributed by atoms with van der Waals surface area (Å²) in [6.07, 6.45) is 3.17. The zero-order chi connectivity index (χ0) is 13.1. The maximum absolute atomic E-state index is 13.5. The van der Waals surface area contributed by atoms with Gasteiger partial charge in [-0.1, -0.05) is 13.0 Å². The van der Waals surface area contributed by atoms with Gasteiger partial charge in [0.1, 0.15) is 5.82 Å². The molecule has 0 bridgehead atoms. The molecule has 2 rings (SSSR count). The Morgan fingerprint density at radius 3 is 2.78 bits per heavy atom. The summed E-state index contributed by atoms with van der Waals surface area (Å²) in [5.41, 5.74) is 0.637. The first-order chi connectivity index (χ1) is 8.61. The molecule has 0 radical (unpaired) electrons. The van der Waals surface area contributed by atoms with Gasteiger partial charge >= 0.3 is 0 Å². The number of halogens is 1. The van der Waals surface area contributed by atoms with Crippen molar-refractivity contribution in [1.29, 1.82) is 0 Å². The lowest BCUT2D eigenvalue weighted by molar-refractivity contribution is 0.0937. The van der Waals surface area contributed by atoms with Crippen molar-refractivity contribution in [2.24, 2.45) is 5.92 Å². The van der Waals surface area contributed by atoms with Gasteiger partial charge < -0.3 is 10.6 Å². The molecular weight excluding hydrogens is 231 g/mol. The number of para-hydroxylation sites is 1. The van der Waals surface area contributed by atoms with Gasteiger partial charge in [-0.3, -0.25) is 4.79 Å². The highest BCUT2D eigenvalue weighted by atomic mass is 19.1. The number of nitrogens with one attached hydrogen (secondary N) is 2. The van der Waals surface area contributed by atoms with Crippen molar-refractivity contribution in [3.05, 3.63) is 29.6 Å². The standard InChI is InChI=1S/C14H19FN2O/c1-9-6-7-10(8-9)17-14(18)11-4-3-5-12(15)13(11)16-2/h3-5,9-10,16H,6-8H2,1-2H3,(H,17,18). The van der Waals surface area contributed by atoms with E-state index in [4.69, 9.17) is 0 Å². The summed E-state index contributed by atoms with van der Waals surface area (Å²) in [5, 5.41) is 5.72. The van der Waals surface area contributed by atoms with E-state index in [0.29, 0.717) is 11.5 Å². The SMILES string of the molecule is CNc1c(F)cccc1C(=O)NC1CCC(C)C1. The maximum atomic E-state index is 13.5. The molecule has 1 saturated carbocycles. The molecule has 1 aromatic carbocycles. The van der Waals surface area contributed by atoms with Crippen LogP contribution in [-0.4, -0.2) is 19.0 Å². The highest BCUT2D eigenvalue weighted by molar-refractivity contribution is 5.99. The fourth-order valence-corrected chi connectivity index (χ4v) is 2.57. The van der Waals surface area contributed by atoms with Crippen LogP contribution in [0.15, 0.2) is 18.2 Å². The van der Waals surface area contributed by atoms with E-state index in [-0.39, 0.29) is 17.6 Å². The minimum atomic E-state index is -0.398. The van der Waals surface area contributed by atoms with Crippen LogP contribution in [0.4, 0.5) is 10.1 Å². The summed E-state index contributed by atoms with van der Waals surface area (Å²) in [7, 11) is 1.62. The minimum absolute atomic E-state index is 0.196. The van der Waals surface area contributed by atoms with Crippen molar-refractivity contribution in [1.82, 2.24) is 5.32 Å². The number of hydrogen-bond donors (Lipinski definition) is 2. The Morgan fingerprint density at radius 1 is 1.39 bits per heavy atom. The molecule has 98 valence electrons. The lowest BCUT2D eigenvalue weighted by atomic mass is 10.1. The van der Waals surface area contributed by atoms with Crippen molar-refractivity contribution >= 4 is 11.6 Å². The fourth-order valence-electron chi connectivity index (χ4n) is 2.57. The van der Waals surface area contributed by atoms with E-state index < -0.39 is 5.82 Å². The van der Waals surface area contributed by atoms with E-state index in [1.54, 1.807) is 19.2 Å². The van der Waals surface area contributed by atoms with Gasteiger partial charge in [-0.2, -0.15) is 0 Å². The van der Waals surface area contributed by atoms with E-state index in [1.165, 1.54) is 6.07 Å². The number of carbonyl (C=O) groups is 1. The van der Waals surface area contributed by atoms with E-state index in [2.05, 4.69) is 17.6 Å². The molecule has 1 fully saturated rings. The summed E-state index contributed by atoms with van der Waals surface area (Å²) >= 11 is 0. The molecule has 0 spiro atoms. The summed E-state index contributed by atoms with van der Waals surface area (Å²) < 4.78 is 13.5. The Kier molecular flexibility index (Phi) is 3.84. The van der Waals surface area contributed by atoms with Crippen molar-refractivity contribution < 1.29 is 9.18 Å². The number of rotatable bonds is 3. The van der Waals surface area contributed by atoms with E-state index in [1.807, 2.05) is 0 Å². The van der Waals surface area contributed by atoms with Gasteiger partial charge in [0.2, 0.25) is 0 Å². The van der Waals surface area contributed by atoms with Gasteiger partial charge in [0.05, 0.1) is 11.3 Å². The number of benzene rings is 1. The van der Waals surface area contributed by atoms with E-state index >= 15 is 0 Å². The molecular formula is C14H19FN2O. The van der Waals surface area contributed by atoms with Crippen LogP contribution in [-0.2, 0) is 0 Å². The van der Waals surface area contributed by atoms with Gasteiger partial charge in [0, 0.05) is 13.1 Å². The number of anilines is 1. The second kappa shape index (κ2) is 5.38. The molecule has 0 aliphatic heterocycles. The van der Waals surface area contributed by atoms with Crippen LogP contribution < -0.4 is 10.6 Å². The van der Waals surface area contributed by atoms with Crippen molar-refractivity contribution in [3.63, 3.8) is 0 Å². The Labute approximate surface area is 107 Å². The molecule has 2 atom stereocenters. The predicted molar refractivity (Wildman–Crippen MR) is 70.2 cm³/mol. The number of hydrogen-bond acceptors (Lipinski definition) is 2. The van der Waals surface area contributed by atoms with Crippen molar-refractivity contribution in [2.45, 2.75) is 32.2 Å². The molecule has 2 unspecified atom stereocenters. The molecule has 2 N–H and O–H groups in total. The monoisotopic (exact) mass is 250 g/mol. The minimum Gasteiger partial charge on any atom is -0.385 e.